The van der Waals surface area contributed by atoms with Crippen LogP contribution in [0.4, 0.5) is 0 Å². The van der Waals surface area contributed by atoms with Gasteiger partial charge in [-0.2, -0.15) is 0 Å². The summed E-state index contributed by atoms with van der Waals surface area (Å²) in [6, 6.07) is 6.36. The number of benzene rings is 1. The quantitative estimate of drug-likeness (QED) is 0.846. The second kappa shape index (κ2) is 5.61. The largest absolute Gasteiger partial charge is 0.487 e. The molecule has 3 heteroatoms. The Balaban J connectivity index is 2.11. The number of hydrogen-bond donors (Lipinski definition) is 0. The molecule has 0 saturated heterocycles. The molecule has 1 heterocycles. The molecule has 0 saturated carbocycles. The molecule has 1 aromatic carbocycles. The Hall–Kier alpha value is -1.90. The molecule has 0 radical (unpaired) electrons. The van der Waals surface area contributed by atoms with E-state index in [1.54, 1.807) is 12.4 Å². The molecule has 106 valence electrons. The van der Waals surface area contributed by atoms with Crippen LogP contribution in [-0.4, -0.2) is 9.97 Å². The number of nitrogens with zero attached hydrogens (tertiary/aromatic N) is 2. The first-order valence-electron chi connectivity index (χ1n) is 6.88. The van der Waals surface area contributed by atoms with Crippen LogP contribution < -0.4 is 4.74 Å². The Bertz CT molecular complexity index is 600. The molecular formula is C17H22N2O. The van der Waals surface area contributed by atoms with Crippen molar-refractivity contribution in [2.75, 3.05) is 0 Å². The fourth-order valence-electron chi connectivity index (χ4n) is 2.01. The third-order valence-electron chi connectivity index (χ3n) is 3.22. The maximum Gasteiger partial charge on any atom is 0.132 e. The fraction of sp³-hybridized carbons (Fsp3) is 0.412. The second-order valence-electron chi connectivity index (χ2n) is 6.17. The first-order chi connectivity index (χ1) is 9.36. The van der Waals surface area contributed by atoms with Gasteiger partial charge in [-0.1, -0.05) is 32.9 Å². The molecule has 0 spiro atoms. The molecule has 0 atom stereocenters. The lowest BCUT2D eigenvalue weighted by Gasteiger charge is -2.20. The van der Waals surface area contributed by atoms with Crippen LogP contribution in [0.25, 0.3) is 0 Å². The minimum Gasteiger partial charge on any atom is -0.487 e. The highest BCUT2D eigenvalue weighted by Gasteiger charge is 2.14. The molecule has 0 aliphatic heterocycles. The topological polar surface area (TPSA) is 35.0 Å². The maximum atomic E-state index is 5.84. The van der Waals surface area contributed by atoms with Gasteiger partial charge in [0.05, 0.1) is 17.6 Å². The molecule has 20 heavy (non-hydrogen) atoms. The summed E-state index contributed by atoms with van der Waals surface area (Å²) in [5.74, 6) is 0.904. The first kappa shape index (κ1) is 14.5. The molecule has 0 aliphatic rings. The number of hydrogen-bond acceptors (Lipinski definition) is 3. The van der Waals surface area contributed by atoms with E-state index in [0.717, 1.165) is 22.7 Å². The Morgan fingerprint density at radius 3 is 2.45 bits per heavy atom. The van der Waals surface area contributed by atoms with E-state index in [0.29, 0.717) is 6.61 Å². The zero-order chi connectivity index (χ0) is 14.8. The van der Waals surface area contributed by atoms with Crippen LogP contribution in [0.1, 0.15) is 43.3 Å². The highest BCUT2D eigenvalue weighted by molar-refractivity contribution is 5.38. The molecule has 0 aliphatic carbocycles. The lowest BCUT2D eigenvalue weighted by molar-refractivity contribution is 0.298. The van der Waals surface area contributed by atoms with Crippen LogP contribution >= 0.6 is 0 Å². The Labute approximate surface area is 121 Å². The molecular weight excluding hydrogens is 248 g/mol. The second-order valence-corrected chi connectivity index (χ2v) is 6.17. The zero-order valence-electron chi connectivity index (χ0n) is 12.9. The van der Waals surface area contributed by atoms with Crippen LogP contribution in [0.15, 0.2) is 30.6 Å². The molecule has 0 unspecified atom stereocenters. The smallest absolute Gasteiger partial charge is 0.132 e. The molecule has 0 N–H and O–H groups in total. The van der Waals surface area contributed by atoms with Crippen LogP contribution in [-0.2, 0) is 12.0 Å². The van der Waals surface area contributed by atoms with Gasteiger partial charge >= 0.3 is 0 Å². The van der Waals surface area contributed by atoms with Gasteiger partial charge in [-0.3, -0.25) is 9.97 Å². The van der Waals surface area contributed by atoms with Crippen molar-refractivity contribution in [3.05, 3.63) is 53.1 Å². The highest BCUT2D eigenvalue weighted by Crippen LogP contribution is 2.27. The van der Waals surface area contributed by atoms with Gasteiger partial charge in [0, 0.05) is 6.20 Å². The highest BCUT2D eigenvalue weighted by atomic mass is 16.5. The van der Waals surface area contributed by atoms with E-state index >= 15 is 0 Å². The van der Waals surface area contributed by atoms with Crippen molar-refractivity contribution >= 4 is 0 Å². The van der Waals surface area contributed by atoms with Crippen LogP contribution in [0.2, 0.25) is 0 Å². The van der Waals surface area contributed by atoms with E-state index in [2.05, 4.69) is 49.8 Å². The third-order valence-corrected chi connectivity index (χ3v) is 3.22. The standard InChI is InChI=1S/C17H22N2O/c1-12-8-14(17(3,4)5)6-7-16(12)20-11-15-10-18-9-13(2)19-15/h6-10H,11H2,1-5H3. The summed E-state index contributed by atoms with van der Waals surface area (Å²) in [6.45, 7) is 11.1. The van der Waals surface area contributed by atoms with E-state index in [-0.39, 0.29) is 5.41 Å². The summed E-state index contributed by atoms with van der Waals surface area (Å²) in [4.78, 5) is 8.51. The van der Waals surface area contributed by atoms with Crippen LogP contribution in [0.5, 0.6) is 5.75 Å². The average Bonchev–Trinajstić information content (AvgIpc) is 2.36. The van der Waals surface area contributed by atoms with Crippen LogP contribution in [0.3, 0.4) is 0 Å². The minimum absolute atomic E-state index is 0.158. The van der Waals surface area contributed by atoms with Gasteiger partial charge in [0.2, 0.25) is 0 Å². The molecule has 0 amide bonds. The van der Waals surface area contributed by atoms with Gasteiger partial charge in [-0.25, -0.2) is 0 Å². The summed E-state index contributed by atoms with van der Waals surface area (Å²) in [5.41, 5.74) is 4.39. The van der Waals surface area contributed by atoms with Crippen molar-refractivity contribution < 1.29 is 4.74 Å². The fourth-order valence-corrected chi connectivity index (χ4v) is 2.01. The third kappa shape index (κ3) is 3.56. The number of rotatable bonds is 3. The van der Waals surface area contributed by atoms with Crippen molar-refractivity contribution in [1.29, 1.82) is 0 Å². The molecule has 2 rings (SSSR count). The number of ether oxygens (including phenoxy) is 1. The normalized spacial score (nSPS) is 11.4. The van der Waals surface area contributed by atoms with E-state index in [1.807, 2.05) is 13.0 Å². The molecule has 3 nitrogen and oxygen atoms in total. The van der Waals surface area contributed by atoms with Crippen molar-refractivity contribution in [2.45, 2.75) is 46.6 Å². The number of aryl methyl sites for hydroxylation is 2. The zero-order valence-corrected chi connectivity index (χ0v) is 12.9. The van der Waals surface area contributed by atoms with Crippen molar-refractivity contribution in [2.24, 2.45) is 0 Å². The van der Waals surface area contributed by atoms with Crippen LogP contribution in [0, 0.1) is 13.8 Å². The Kier molecular flexibility index (Phi) is 4.07. The summed E-state index contributed by atoms with van der Waals surface area (Å²) in [7, 11) is 0. The first-order valence-corrected chi connectivity index (χ1v) is 6.88. The maximum absolute atomic E-state index is 5.84. The SMILES string of the molecule is Cc1cncc(COc2ccc(C(C)(C)C)cc2C)n1. The van der Waals surface area contributed by atoms with E-state index in [4.69, 9.17) is 4.74 Å². The van der Waals surface area contributed by atoms with Gasteiger partial charge in [-0.05, 0) is 36.5 Å². The molecule has 0 bridgehead atoms. The van der Waals surface area contributed by atoms with E-state index in [1.165, 1.54) is 5.56 Å². The van der Waals surface area contributed by atoms with Gasteiger partial charge in [0.25, 0.3) is 0 Å². The van der Waals surface area contributed by atoms with E-state index in [9.17, 15) is 0 Å². The summed E-state index contributed by atoms with van der Waals surface area (Å²) < 4.78 is 5.84. The monoisotopic (exact) mass is 270 g/mol. The van der Waals surface area contributed by atoms with Gasteiger partial charge in [0.15, 0.2) is 0 Å². The summed E-state index contributed by atoms with van der Waals surface area (Å²) >= 11 is 0. The Morgan fingerprint density at radius 2 is 1.85 bits per heavy atom. The Morgan fingerprint density at radius 1 is 1.10 bits per heavy atom. The minimum atomic E-state index is 0.158. The molecule has 2 aromatic rings. The van der Waals surface area contributed by atoms with E-state index < -0.39 is 0 Å². The van der Waals surface area contributed by atoms with Crippen molar-refractivity contribution in [1.82, 2.24) is 9.97 Å². The van der Waals surface area contributed by atoms with Crippen molar-refractivity contribution in [3.8, 4) is 5.75 Å². The lowest BCUT2D eigenvalue weighted by Crippen LogP contribution is -2.11. The van der Waals surface area contributed by atoms with Gasteiger partial charge in [0.1, 0.15) is 12.4 Å². The molecule has 1 aromatic heterocycles. The van der Waals surface area contributed by atoms with Gasteiger partial charge in [-0.15, -0.1) is 0 Å². The number of aromatic nitrogens is 2. The summed E-state index contributed by atoms with van der Waals surface area (Å²) in [6.07, 6.45) is 3.48. The summed E-state index contributed by atoms with van der Waals surface area (Å²) in [5, 5.41) is 0. The van der Waals surface area contributed by atoms with Gasteiger partial charge < -0.3 is 4.74 Å². The predicted molar refractivity (Wildman–Crippen MR) is 81.0 cm³/mol. The lowest BCUT2D eigenvalue weighted by atomic mass is 9.86. The molecule has 0 fully saturated rings. The average molecular weight is 270 g/mol. The predicted octanol–water partition coefficient (Wildman–Crippen LogP) is 3.97. The van der Waals surface area contributed by atoms with Crippen molar-refractivity contribution in [3.63, 3.8) is 0 Å².